The van der Waals surface area contributed by atoms with Crippen molar-refractivity contribution in [1.29, 1.82) is 0 Å². The molecule has 32 heteroatoms. The van der Waals surface area contributed by atoms with Gasteiger partial charge in [-0.1, -0.05) is 83.4 Å². The quantitative estimate of drug-likeness (QED) is 0.0264. The molecule has 3 aromatic rings. The van der Waals surface area contributed by atoms with Crippen LogP contribution < -0.4 is 47.9 Å². The average molecular weight is 1560 g/mol. The molecule has 10 atom stereocenters. The fourth-order valence-electron chi connectivity index (χ4n) is 9.33. The zero-order valence-electron chi connectivity index (χ0n) is 48.1. The number of rotatable bonds is 24. The summed E-state index contributed by atoms with van der Waals surface area (Å²) in [7, 11) is 2.35. The van der Waals surface area contributed by atoms with Crippen LogP contribution in [0.1, 0.15) is 56.9 Å². The third-order valence-corrected chi connectivity index (χ3v) is 16.4. The number of nitrogens with zero attached hydrogens (tertiary/aromatic N) is 3. The number of hydrogen-bond acceptors (Lipinski definition) is 18. The minimum atomic E-state index is -1.77. The molecule has 0 bridgehead atoms. The van der Waals surface area contributed by atoms with E-state index in [1.54, 1.807) is 56.0 Å². The fourth-order valence-corrected chi connectivity index (χ4v) is 12.0. The molecule has 87 heavy (non-hydrogen) atoms. The summed E-state index contributed by atoms with van der Waals surface area (Å²) in [6.45, 7) is 11.8. The van der Waals surface area contributed by atoms with Crippen LogP contribution in [-0.4, -0.2) is 211 Å². The van der Waals surface area contributed by atoms with Gasteiger partial charge >= 0.3 is 5.97 Å². The van der Waals surface area contributed by atoms with E-state index in [0.29, 0.717) is 16.8 Å². The summed E-state index contributed by atoms with van der Waals surface area (Å²) < 4.78 is 0. The van der Waals surface area contributed by atoms with E-state index in [-0.39, 0.29) is 173 Å². The predicted molar refractivity (Wildman–Crippen MR) is 315 cm³/mol. The number of aliphatic hydroxyl groups excluding tert-OH is 2. The van der Waals surface area contributed by atoms with Gasteiger partial charge in [0.2, 0.25) is 41.4 Å². The van der Waals surface area contributed by atoms with E-state index in [1.165, 1.54) is 41.5 Å². The Morgan fingerprint density at radius 2 is 1.46 bits per heavy atom. The molecule has 9 amide bonds. The Hall–Kier alpha value is -4.63. The van der Waals surface area contributed by atoms with Crippen LogP contribution in [0.4, 0.5) is 0 Å². The van der Waals surface area contributed by atoms with Crippen LogP contribution in [0.3, 0.4) is 0 Å². The van der Waals surface area contributed by atoms with Gasteiger partial charge in [-0.25, -0.2) is 4.98 Å². The first kappa shape index (κ1) is 76.6. The van der Waals surface area contributed by atoms with E-state index in [0.717, 1.165) is 15.7 Å². The van der Waals surface area contributed by atoms with Gasteiger partial charge in [-0.3, -0.25) is 48.6 Å². The molecule has 1 unspecified atom stereocenters. The molecule has 0 spiro atoms. The maximum absolute atomic E-state index is 15.1. The van der Waals surface area contributed by atoms with Crippen molar-refractivity contribution in [3.8, 4) is 5.75 Å². The molecule has 2 saturated heterocycles. The number of benzene rings is 2. The van der Waals surface area contributed by atoms with Crippen LogP contribution in [0.5, 0.6) is 5.75 Å². The number of hydrogen-bond donors (Lipinski definition) is 14. The van der Waals surface area contributed by atoms with Crippen molar-refractivity contribution in [2.75, 3.05) is 50.8 Å². The Bertz CT molecular complexity index is 2760. The van der Waals surface area contributed by atoms with Gasteiger partial charge in [0.1, 0.15) is 42.2 Å². The van der Waals surface area contributed by atoms with Crippen LogP contribution in [0, 0.1) is 99.6 Å². The van der Waals surface area contributed by atoms with Gasteiger partial charge in [0.05, 0.1) is 54.3 Å². The minimum absolute atomic E-state index is 0. The first-order chi connectivity index (χ1) is 40.3. The van der Waals surface area contributed by atoms with Gasteiger partial charge in [0.25, 0.3) is 0 Å². The Balaban J connectivity index is 0.00000990. The monoisotopic (exact) mass is 1560 g/mol. The van der Waals surface area contributed by atoms with Crippen molar-refractivity contribution < 1.29 is 148 Å². The molecule has 27 nitrogen and oxygen atoms in total. The summed E-state index contributed by atoms with van der Waals surface area (Å²) in [6.07, 6.45) is -1.75. The topological polar surface area (TPSA) is 395 Å². The van der Waals surface area contributed by atoms with Gasteiger partial charge < -0.3 is 96.3 Å². The van der Waals surface area contributed by atoms with E-state index < -0.39 is 133 Å². The van der Waals surface area contributed by atoms with Crippen LogP contribution in [-0.2, 0) is 67.2 Å². The van der Waals surface area contributed by atoms with Crippen molar-refractivity contribution in [2.24, 2.45) is 5.92 Å². The Labute approximate surface area is 581 Å². The molecule has 0 aliphatic carbocycles. The minimum Gasteiger partial charge on any atom is -0.506 e. The number of imidazole rings is 1. The number of aromatic amines is 1. The van der Waals surface area contributed by atoms with Gasteiger partial charge in [-0.2, -0.15) is 0 Å². The van der Waals surface area contributed by atoms with Crippen molar-refractivity contribution in [3.05, 3.63) is 96.7 Å². The number of halogens is 1. The normalized spacial score (nSPS) is 21.6. The summed E-state index contributed by atoms with van der Waals surface area (Å²) in [4.78, 5) is 146. The third-order valence-electron chi connectivity index (χ3n) is 13.5. The van der Waals surface area contributed by atoms with Gasteiger partial charge in [0.15, 0.2) is 0 Å². The molecule has 2 fully saturated rings. The molecule has 3 heterocycles. The number of carbonyl (C=O) groups is 10. The number of nitrogens with one attached hydrogen (secondary N) is 10. The van der Waals surface area contributed by atoms with Crippen molar-refractivity contribution in [2.45, 2.75) is 120 Å². The number of phenolic OH excluding ortho intramolecular Hbond substituents is 1. The van der Waals surface area contributed by atoms with Crippen molar-refractivity contribution >= 4 is 92.3 Å². The molecular formula is C55H76ClGd2N13O14S2-2. The molecule has 2 aromatic carbocycles. The van der Waals surface area contributed by atoms with Crippen LogP contribution in [0.15, 0.2) is 61.1 Å². The van der Waals surface area contributed by atoms with Gasteiger partial charge in [-0.05, 0) is 48.9 Å². The molecule has 2 aliphatic rings. The number of phenols is 1. The molecular weight excluding hydrogens is 1480 g/mol. The predicted octanol–water partition coefficient (Wildman–Crippen LogP) is -1.92. The van der Waals surface area contributed by atoms with Crippen LogP contribution in [0.25, 0.3) is 0 Å². The zero-order chi connectivity index (χ0) is 62.3. The number of aromatic nitrogens is 2. The molecule has 0 saturated carbocycles. The summed E-state index contributed by atoms with van der Waals surface area (Å²) >= 11 is 6.22. The summed E-state index contributed by atoms with van der Waals surface area (Å²) in [5, 5.41) is 67.4. The fraction of sp³-hybridized carbons (Fsp3) is 0.509. The second kappa shape index (κ2) is 38.8. The van der Waals surface area contributed by atoms with E-state index in [9.17, 15) is 63.6 Å². The molecule has 2 aliphatic heterocycles. The van der Waals surface area contributed by atoms with E-state index >= 15 is 4.79 Å². The number of carboxylic acids is 1. The first-order valence-corrected chi connectivity index (χ1v) is 30.3. The van der Waals surface area contributed by atoms with E-state index in [1.807, 2.05) is 0 Å². The molecule has 14 N–H and O–H groups in total. The molecule has 5 rings (SSSR count). The van der Waals surface area contributed by atoms with Crippen LogP contribution in [0.2, 0.25) is 5.02 Å². The standard InChI is InChI=1S/C55H76ClN13O14S2.2Gd/c1-30(2)17-39-49(77)61-31(3)27-84-85-28-44(55(83)69-25-37(72)22-45(69)54(82)66-41(20-35-11-12-46(73)38(56)18-35)51(79)65-43(23-48(75)76)53(81)63-39)67-52(80)42(21-36-24-57-29-60-36)64-50(78)40(19-34-9-7-6-8-10-34)62-47(74)26-68(15-13-58-32(4)70)16-14-59-33(5)71;;/h6-12,18,24,29-31,37,39-45,50,64,72-73,78H,4-5,13-17,19-23,25-28H2,1-3H3,(H,57,60)(H,58,70)(H,59,71)(H,61,77)(H,62,74)(H,63,81)(H,65,79)(H,66,82)(H,67,80)(H,75,76);;/q-2;;/t31-,37?,39+,40+,41+,42+,43+,44+,45+,50+;;/m1../s1. The smallest absolute Gasteiger partial charge is 0.305 e. The number of fused-ring (bicyclic) bond motifs is 1. The Kier molecular flexibility index (Phi) is 34.2. The number of aliphatic hydroxyl groups is 2. The molecule has 1 aromatic heterocycles. The van der Waals surface area contributed by atoms with E-state index in [2.05, 4.69) is 71.7 Å². The SMILES string of the molecule is [CH2-]C(=O)NCCN(CCNC([CH2-])=O)CC(=O)N[C@@H](Cc1ccccc1)[C@H](O)N[C@@H](Cc1cnc[nH]1)C(=O)N[C@H]1CSSC[C@@H](C)NC(=O)[C@H](CC(C)C)NC(=O)[C@H](CC(=O)O)NC(=O)[C@H](Cc2ccc(O)c(Cl)c2)NC(=O)[C@@H]2CC(O)CN2C1=O.[Gd].[Gd]. The second-order valence-corrected chi connectivity index (χ2v) is 24.1. The number of aliphatic carboxylic acids is 1. The Morgan fingerprint density at radius 1 is 0.839 bits per heavy atom. The summed E-state index contributed by atoms with van der Waals surface area (Å²) in [6, 6.07) is 2.26. The third kappa shape index (κ3) is 26.8. The average Bonchev–Trinajstić information content (AvgIpc) is 2.57. The van der Waals surface area contributed by atoms with Gasteiger partial charge in [0, 0.05) is 161 Å². The largest absolute Gasteiger partial charge is 0.506 e. The molecule has 0 radical (unpaired) electrons. The second-order valence-electron chi connectivity index (χ2n) is 21.1. The number of H-pyrrole nitrogens is 1. The molecule has 482 valence electrons. The summed E-state index contributed by atoms with van der Waals surface area (Å²) in [5.74, 6) is -8.80. The zero-order valence-corrected chi connectivity index (χ0v) is 55.0. The van der Waals surface area contributed by atoms with Gasteiger partial charge in [-0.15, -0.1) is 0 Å². The summed E-state index contributed by atoms with van der Waals surface area (Å²) in [5.41, 5.74) is 1.41. The Morgan fingerprint density at radius 3 is 2.07 bits per heavy atom. The van der Waals surface area contributed by atoms with Crippen molar-refractivity contribution in [1.82, 2.24) is 67.6 Å². The first-order valence-electron chi connectivity index (χ1n) is 27.5. The maximum atomic E-state index is 15.1. The van der Waals surface area contributed by atoms with Crippen molar-refractivity contribution in [3.63, 3.8) is 0 Å². The number of carbonyl (C=O) groups excluding carboxylic acids is 9. The number of aromatic hydroxyl groups is 1. The number of amides is 9. The van der Waals surface area contributed by atoms with Crippen LogP contribution >= 0.6 is 33.2 Å². The van der Waals surface area contributed by atoms with E-state index in [4.69, 9.17) is 11.6 Å². The number of carboxylic acid groups (broad SMARTS) is 1. The maximum Gasteiger partial charge on any atom is 0.305 e.